The summed E-state index contributed by atoms with van der Waals surface area (Å²) in [5, 5.41) is 9.02. The van der Waals surface area contributed by atoms with E-state index in [9.17, 15) is 4.79 Å². The molecule has 0 saturated carbocycles. The number of oxazole rings is 1. The van der Waals surface area contributed by atoms with Gasteiger partial charge in [0.1, 0.15) is 6.26 Å². The summed E-state index contributed by atoms with van der Waals surface area (Å²) in [5.74, 6) is 0.165. The molecule has 4 rings (SSSR count). The average Bonchev–Trinajstić information content (AvgIpc) is 3.22. The third-order valence-corrected chi connectivity index (χ3v) is 5.20. The summed E-state index contributed by atoms with van der Waals surface area (Å²) >= 11 is 0. The maximum Gasteiger partial charge on any atom is 0.337 e. The highest BCUT2D eigenvalue weighted by molar-refractivity contribution is 5.89. The van der Waals surface area contributed by atoms with Crippen LogP contribution in [-0.4, -0.2) is 29.5 Å². The Labute approximate surface area is 169 Å². The Balaban J connectivity index is 1.44. The monoisotopic (exact) mass is 387 g/mol. The number of ether oxygens (including phenoxy) is 1. The van der Waals surface area contributed by atoms with Crippen LogP contribution in [-0.2, 0) is 30.7 Å². The van der Waals surface area contributed by atoms with E-state index in [2.05, 4.69) is 22.0 Å². The van der Waals surface area contributed by atoms with Crippen molar-refractivity contribution in [2.24, 2.45) is 0 Å². The number of hydrogen-bond donors (Lipinski definition) is 0. The van der Waals surface area contributed by atoms with Crippen LogP contribution in [0.1, 0.15) is 32.7 Å². The molecule has 146 valence electrons. The van der Waals surface area contributed by atoms with Crippen LogP contribution in [0.25, 0.3) is 11.5 Å². The van der Waals surface area contributed by atoms with Gasteiger partial charge in [0, 0.05) is 25.2 Å². The molecule has 1 aromatic heterocycles. The highest BCUT2D eigenvalue weighted by Crippen LogP contribution is 2.25. The topological polar surface area (TPSA) is 79.4 Å². The molecule has 2 aromatic carbocycles. The summed E-state index contributed by atoms with van der Waals surface area (Å²) in [6.45, 7) is 2.46. The highest BCUT2D eigenvalue weighted by atomic mass is 16.5. The van der Waals surface area contributed by atoms with E-state index in [-0.39, 0.29) is 5.97 Å². The fourth-order valence-electron chi connectivity index (χ4n) is 3.74. The lowest BCUT2D eigenvalue weighted by atomic mass is 9.93. The first-order chi connectivity index (χ1) is 14.2. The van der Waals surface area contributed by atoms with Crippen molar-refractivity contribution >= 4 is 5.97 Å². The van der Waals surface area contributed by atoms with Crippen molar-refractivity contribution in [3.63, 3.8) is 0 Å². The van der Waals surface area contributed by atoms with E-state index in [1.807, 2.05) is 12.1 Å². The molecule has 3 aromatic rings. The van der Waals surface area contributed by atoms with Crippen molar-refractivity contribution in [2.75, 3.05) is 13.7 Å². The maximum atomic E-state index is 11.5. The van der Waals surface area contributed by atoms with Crippen molar-refractivity contribution in [1.29, 1.82) is 5.26 Å². The number of carbonyl (C=O) groups is 1. The predicted molar refractivity (Wildman–Crippen MR) is 107 cm³/mol. The van der Waals surface area contributed by atoms with Crippen molar-refractivity contribution in [1.82, 2.24) is 9.88 Å². The van der Waals surface area contributed by atoms with Crippen molar-refractivity contribution in [2.45, 2.75) is 25.9 Å². The second-order valence-electron chi connectivity index (χ2n) is 7.06. The Bertz CT molecular complexity index is 1060. The lowest BCUT2D eigenvalue weighted by Gasteiger charge is -2.29. The number of carbonyl (C=O) groups excluding carboxylic acids is 1. The highest BCUT2D eigenvalue weighted by Gasteiger charge is 2.20. The molecule has 6 nitrogen and oxygen atoms in total. The smallest absolute Gasteiger partial charge is 0.337 e. The second-order valence-corrected chi connectivity index (χ2v) is 7.06. The van der Waals surface area contributed by atoms with Gasteiger partial charge in [0.05, 0.1) is 30.9 Å². The van der Waals surface area contributed by atoms with Crippen LogP contribution in [0.4, 0.5) is 0 Å². The lowest BCUT2D eigenvalue weighted by Crippen LogP contribution is -2.30. The van der Waals surface area contributed by atoms with E-state index in [4.69, 9.17) is 14.4 Å². The lowest BCUT2D eigenvalue weighted by molar-refractivity contribution is 0.0600. The zero-order valence-electron chi connectivity index (χ0n) is 16.2. The van der Waals surface area contributed by atoms with Crippen molar-refractivity contribution in [3.8, 4) is 17.5 Å². The van der Waals surface area contributed by atoms with E-state index in [1.54, 1.807) is 30.5 Å². The SMILES string of the molecule is COC(=O)c1ccc(-c2nc(CN3CCc4c(CC#N)cccc4C3)co2)cc1. The molecule has 0 N–H and O–H groups in total. The fraction of sp³-hybridized carbons (Fsp3) is 0.261. The summed E-state index contributed by atoms with van der Waals surface area (Å²) < 4.78 is 10.4. The summed E-state index contributed by atoms with van der Waals surface area (Å²) in [5.41, 5.74) is 5.92. The molecule has 0 bridgehead atoms. The minimum atomic E-state index is -0.368. The summed E-state index contributed by atoms with van der Waals surface area (Å²) in [4.78, 5) is 18.5. The average molecular weight is 387 g/mol. The van der Waals surface area contributed by atoms with Crippen LogP contribution in [0.5, 0.6) is 0 Å². The van der Waals surface area contributed by atoms with Crippen molar-refractivity contribution in [3.05, 3.63) is 76.7 Å². The largest absolute Gasteiger partial charge is 0.465 e. The van der Waals surface area contributed by atoms with E-state index in [0.29, 0.717) is 24.4 Å². The minimum Gasteiger partial charge on any atom is -0.465 e. The molecule has 0 unspecified atom stereocenters. The number of esters is 1. The quantitative estimate of drug-likeness (QED) is 0.621. The number of aromatic nitrogens is 1. The summed E-state index contributed by atoms with van der Waals surface area (Å²) in [6, 6.07) is 15.5. The van der Waals surface area contributed by atoms with E-state index in [1.165, 1.54) is 18.2 Å². The van der Waals surface area contributed by atoms with Crippen LogP contribution in [0.2, 0.25) is 0 Å². The number of fused-ring (bicyclic) bond motifs is 1. The molecule has 0 fully saturated rings. The first kappa shape index (κ1) is 18.9. The van der Waals surface area contributed by atoms with Gasteiger partial charge in [-0.1, -0.05) is 18.2 Å². The number of nitrogens with zero attached hydrogens (tertiary/aromatic N) is 3. The molecule has 0 aliphatic carbocycles. The van der Waals surface area contributed by atoms with Crippen LogP contribution in [0, 0.1) is 11.3 Å². The van der Waals surface area contributed by atoms with E-state index >= 15 is 0 Å². The molecular formula is C23H21N3O3. The Hall–Kier alpha value is -3.43. The predicted octanol–water partition coefficient (Wildman–Crippen LogP) is 3.75. The molecule has 1 aliphatic heterocycles. The first-order valence-electron chi connectivity index (χ1n) is 9.50. The van der Waals surface area contributed by atoms with Gasteiger partial charge in [-0.15, -0.1) is 0 Å². The molecule has 0 radical (unpaired) electrons. The van der Waals surface area contributed by atoms with Gasteiger partial charge in [-0.2, -0.15) is 5.26 Å². The molecule has 0 spiro atoms. The fourth-order valence-corrected chi connectivity index (χ4v) is 3.74. The minimum absolute atomic E-state index is 0.368. The van der Waals surface area contributed by atoms with E-state index < -0.39 is 0 Å². The van der Waals surface area contributed by atoms with Gasteiger partial charge in [0.15, 0.2) is 0 Å². The third kappa shape index (κ3) is 4.05. The van der Waals surface area contributed by atoms with Crippen LogP contribution in [0.3, 0.4) is 0 Å². The molecule has 0 amide bonds. The van der Waals surface area contributed by atoms with Crippen LogP contribution >= 0.6 is 0 Å². The van der Waals surface area contributed by atoms with Gasteiger partial charge in [-0.25, -0.2) is 9.78 Å². The number of benzene rings is 2. The molecule has 0 saturated heterocycles. The van der Waals surface area contributed by atoms with Gasteiger partial charge in [0.2, 0.25) is 5.89 Å². The standard InChI is InChI=1S/C23H21N3O3/c1-28-23(27)18-7-5-17(6-8-18)22-25-20(15-29-22)14-26-12-10-21-16(9-11-24)3-2-4-19(21)13-26/h2-8,15H,9-10,12-14H2,1H3. The van der Waals surface area contributed by atoms with Gasteiger partial charge in [0.25, 0.3) is 0 Å². The second kappa shape index (κ2) is 8.29. The van der Waals surface area contributed by atoms with Gasteiger partial charge in [-0.05, 0) is 47.4 Å². The number of hydrogen-bond acceptors (Lipinski definition) is 6. The zero-order chi connectivity index (χ0) is 20.2. The Morgan fingerprint density at radius 3 is 2.86 bits per heavy atom. The molecular weight excluding hydrogens is 366 g/mol. The Morgan fingerprint density at radius 1 is 1.28 bits per heavy atom. The first-order valence-corrected chi connectivity index (χ1v) is 9.50. The Morgan fingerprint density at radius 2 is 2.10 bits per heavy atom. The molecule has 2 heterocycles. The molecule has 0 atom stereocenters. The summed E-state index contributed by atoms with van der Waals surface area (Å²) in [7, 11) is 1.36. The molecule has 6 heteroatoms. The normalized spacial score (nSPS) is 13.5. The van der Waals surface area contributed by atoms with Crippen LogP contribution < -0.4 is 0 Å². The summed E-state index contributed by atoms with van der Waals surface area (Å²) in [6.07, 6.45) is 3.09. The van der Waals surface area contributed by atoms with Crippen LogP contribution in [0.15, 0.2) is 53.1 Å². The Kier molecular flexibility index (Phi) is 5.41. The number of nitriles is 1. The van der Waals surface area contributed by atoms with Gasteiger partial charge in [-0.3, -0.25) is 4.90 Å². The van der Waals surface area contributed by atoms with Gasteiger partial charge >= 0.3 is 5.97 Å². The third-order valence-electron chi connectivity index (χ3n) is 5.20. The zero-order valence-corrected chi connectivity index (χ0v) is 16.2. The molecule has 1 aliphatic rings. The van der Waals surface area contributed by atoms with Crippen molar-refractivity contribution < 1.29 is 13.9 Å². The van der Waals surface area contributed by atoms with E-state index in [0.717, 1.165) is 36.3 Å². The van der Waals surface area contributed by atoms with Gasteiger partial charge < -0.3 is 9.15 Å². The molecule has 29 heavy (non-hydrogen) atoms. The number of methoxy groups -OCH3 is 1. The maximum absolute atomic E-state index is 11.5. The number of rotatable bonds is 5.